The number of hydrogen-bond donors (Lipinski definition) is 3. The first-order chi connectivity index (χ1) is 8.02. The SMILES string of the molecule is CN[C@@H](C)C(=O)CN[C@@H](CCCCN)C(C)=O. The molecular weight excluding hydrogens is 218 g/mol. The molecule has 17 heavy (non-hydrogen) atoms. The van der Waals surface area contributed by atoms with Crippen molar-refractivity contribution in [3.63, 3.8) is 0 Å². The van der Waals surface area contributed by atoms with Gasteiger partial charge in [0.25, 0.3) is 0 Å². The molecule has 0 heterocycles. The molecule has 5 nitrogen and oxygen atoms in total. The first kappa shape index (κ1) is 16.2. The van der Waals surface area contributed by atoms with Gasteiger partial charge in [-0.3, -0.25) is 9.59 Å². The van der Waals surface area contributed by atoms with Gasteiger partial charge in [-0.1, -0.05) is 6.42 Å². The van der Waals surface area contributed by atoms with Gasteiger partial charge >= 0.3 is 0 Å². The highest BCUT2D eigenvalue weighted by atomic mass is 16.1. The summed E-state index contributed by atoms with van der Waals surface area (Å²) < 4.78 is 0. The van der Waals surface area contributed by atoms with Gasteiger partial charge in [0.2, 0.25) is 0 Å². The van der Waals surface area contributed by atoms with E-state index in [9.17, 15) is 9.59 Å². The maximum absolute atomic E-state index is 11.6. The molecule has 2 atom stereocenters. The van der Waals surface area contributed by atoms with E-state index in [0.29, 0.717) is 6.54 Å². The Morgan fingerprint density at radius 1 is 1.29 bits per heavy atom. The summed E-state index contributed by atoms with van der Waals surface area (Å²) in [6, 6.07) is -0.409. The van der Waals surface area contributed by atoms with Crippen LogP contribution >= 0.6 is 0 Å². The summed E-state index contributed by atoms with van der Waals surface area (Å²) in [5, 5.41) is 5.89. The zero-order valence-corrected chi connectivity index (χ0v) is 11.1. The van der Waals surface area contributed by atoms with Crippen molar-refractivity contribution in [3.05, 3.63) is 0 Å². The van der Waals surface area contributed by atoms with E-state index >= 15 is 0 Å². The van der Waals surface area contributed by atoms with Crippen LogP contribution < -0.4 is 16.4 Å². The molecule has 0 fully saturated rings. The molecule has 0 saturated carbocycles. The molecule has 0 bridgehead atoms. The van der Waals surface area contributed by atoms with Crippen LogP contribution in [0.2, 0.25) is 0 Å². The minimum Gasteiger partial charge on any atom is -0.330 e. The predicted molar refractivity (Wildman–Crippen MR) is 68.9 cm³/mol. The van der Waals surface area contributed by atoms with Crippen molar-refractivity contribution in [1.82, 2.24) is 10.6 Å². The standard InChI is InChI=1S/C12H25N3O2/c1-9(14-3)12(17)8-15-11(10(2)16)6-4-5-7-13/h9,11,14-15H,4-8,13H2,1-3H3/t9-,11-/m0/s1. The Kier molecular flexibility index (Phi) is 8.85. The van der Waals surface area contributed by atoms with Gasteiger partial charge in [0.15, 0.2) is 5.78 Å². The van der Waals surface area contributed by atoms with Gasteiger partial charge in [-0.05, 0) is 40.3 Å². The molecule has 0 saturated heterocycles. The Labute approximate surface area is 104 Å². The van der Waals surface area contributed by atoms with Crippen molar-refractivity contribution in [2.45, 2.75) is 45.2 Å². The lowest BCUT2D eigenvalue weighted by molar-refractivity contribution is -0.121. The zero-order chi connectivity index (χ0) is 13.3. The van der Waals surface area contributed by atoms with Gasteiger partial charge in [-0.25, -0.2) is 0 Å². The molecule has 4 N–H and O–H groups in total. The first-order valence-corrected chi connectivity index (χ1v) is 6.16. The van der Waals surface area contributed by atoms with Crippen molar-refractivity contribution in [1.29, 1.82) is 0 Å². The average molecular weight is 243 g/mol. The molecule has 0 aliphatic rings. The normalized spacial score (nSPS) is 14.4. The maximum atomic E-state index is 11.6. The van der Waals surface area contributed by atoms with Crippen molar-refractivity contribution < 1.29 is 9.59 Å². The second-order valence-corrected chi connectivity index (χ2v) is 4.31. The van der Waals surface area contributed by atoms with Crippen LogP contribution in [0.15, 0.2) is 0 Å². The number of carbonyl (C=O) groups is 2. The fourth-order valence-corrected chi connectivity index (χ4v) is 1.48. The molecule has 0 spiro atoms. The molecule has 0 rings (SSSR count). The Hall–Kier alpha value is -0.780. The Morgan fingerprint density at radius 2 is 1.94 bits per heavy atom. The fraction of sp³-hybridized carbons (Fsp3) is 0.833. The van der Waals surface area contributed by atoms with E-state index in [-0.39, 0.29) is 30.2 Å². The van der Waals surface area contributed by atoms with E-state index in [0.717, 1.165) is 19.3 Å². The highest BCUT2D eigenvalue weighted by molar-refractivity contribution is 5.87. The van der Waals surface area contributed by atoms with Gasteiger partial charge < -0.3 is 16.4 Å². The van der Waals surface area contributed by atoms with Crippen LogP contribution in [0.5, 0.6) is 0 Å². The number of Topliss-reactive ketones (excluding diaryl/α,β-unsaturated/α-hetero) is 2. The smallest absolute Gasteiger partial charge is 0.163 e. The van der Waals surface area contributed by atoms with Crippen LogP contribution in [0.1, 0.15) is 33.1 Å². The largest absolute Gasteiger partial charge is 0.330 e. The minimum absolute atomic E-state index is 0.0672. The highest BCUT2D eigenvalue weighted by Crippen LogP contribution is 2.01. The van der Waals surface area contributed by atoms with E-state index in [1.54, 1.807) is 20.9 Å². The quantitative estimate of drug-likeness (QED) is 0.464. The van der Waals surface area contributed by atoms with Crippen LogP contribution in [0, 0.1) is 0 Å². The van der Waals surface area contributed by atoms with E-state index in [4.69, 9.17) is 5.73 Å². The van der Waals surface area contributed by atoms with Gasteiger partial charge in [-0.2, -0.15) is 0 Å². The third-order valence-corrected chi connectivity index (χ3v) is 2.88. The number of ketones is 2. The molecule has 0 unspecified atom stereocenters. The number of carbonyl (C=O) groups excluding carboxylic acids is 2. The Morgan fingerprint density at radius 3 is 2.41 bits per heavy atom. The third kappa shape index (κ3) is 7.20. The first-order valence-electron chi connectivity index (χ1n) is 6.16. The molecule has 0 aliphatic carbocycles. The predicted octanol–water partition coefficient (Wildman–Crippen LogP) is -0.160. The van der Waals surface area contributed by atoms with E-state index in [1.165, 1.54) is 0 Å². The minimum atomic E-state index is -0.227. The molecular formula is C12H25N3O2. The summed E-state index contributed by atoms with van der Waals surface area (Å²) in [4.78, 5) is 22.9. The number of unbranched alkanes of at least 4 members (excludes halogenated alkanes) is 1. The van der Waals surface area contributed by atoms with E-state index < -0.39 is 0 Å². The monoisotopic (exact) mass is 243 g/mol. The van der Waals surface area contributed by atoms with E-state index in [2.05, 4.69) is 10.6 Å². The third-order valence-electron chi connectivity index (χ3n) is 2.88. The second kappa shape index (κ2) is 9.27. The molecule has 100 valence electrons. The lowest BCUT2D eigenvalue weighted by Crippen LogP contribution is -2.43. The molecule has 0 aromatic carbocycles. The van der Waals surface area contributed by atoms with Crippen molar-refractivity contribution in [3.8, 4) is 0 Å². The fourth-order valence-electron chi connectivity index (χ4n) is 1.48. The summed E-state index contributed by atoms with van der Waals surface area (Å²) in [5.41, 5.74) is 5.40. The summed E-state index contributed by atoms with van der Waals surface area (Å²) in [7, 11) is 1.74. The number of rotatable bonds is 10. The number of likely N-dealkylation sites (N-methyl/N-ethyl adjacent to an activating group) is 1. The summed E-state index contributed by atoms with van der Waals surface area (Å²) in [6.07, 6.45) is 2.56. The molecule has 0 aromatic rings. The molecule has 0 aromatic heterocycles. The van der Waals surface area contributed by atoms with E-state index in [1.807, 2.05) is 0 Å². The average Bonchev–Trinajstić information content (AvgIpc) is 2.31. The topological polar surface area (TPSA) is 84.2 Å². The van der Waals surface area contributed by atoms with Crippen molar-refractivity contribution >= 4 is 11.6 Å². The number of nitrogens with two attached hydrogens (primary N) is 1. The van der Waals surface area contributed by atoms with Crippen LogP contribution in [0.4, 0.5) is 0 Å². The number of hydrogen-bond acceptors (Lipinski definition) is 5. The van der Waals surface area contributed by atoms with Crippen LogP contribution in [-0.2, 0) is 9.59 Å². The highest BCUT2D eigenvalue weighted by Gasteiger charge is 2.16. The van der Waals surface area contributed by atoms with Crippen LogP contribution in [0.25, 0.3) is 0 Å². The van der Waals surface area contributed by atoms with Gasteiger partial charge in [0.1, 0.15) is 5.78 Å². The van der Waals surface area contributed by atoms with Gasteiger partial charge in [0, 0.05) is 0 Å². The molecule has 5 heteroatoms. The summed E-state index contributed by atoms with van der Waals surface area (Å²) in [5.74, 6) is 0.143. The lowest BCUT2D eigenvalue weighted by atomic mass is 10.1. The molecule has 0 aliphatic heterocycles. The summed E-state index contributed by atoms with van der Waals surface area (Å²) in [6.45, 7) is 4.22. The Balaban J connectivity index is 4.00. The van der Waals surface area contributed by atoms with Crippen LogP contribution in [0.3, 0.4) is 0 Å². The second-order valence-electron chi connectivity index (χ2n) is 4.31. The van der Waals surface area contributed by atoms with Crippen molar-refractivity contribution in [2.24, 2.45) is 5.73 Å². The van der Waals surface area contributed by atoms with Crippen LogP contribution in [-0.4, -0.2) is 43.8 Å². The van der Waals surface area contributed by atoms with Gasteiger partial charge in [0.05, 0.1) is 18.6 Å². The zero-order valence-electron chi connectivity index (χ0n) is 11.1. The summed E-state index contributed by atoms with van der Waals surface area (Å²) >= 11 is 0. The number of nitrogens with one attached hydrogen (secondary N) is 2. The van der Waals surface area contributed by atoms with Gasteiger partial charge in [-0.15, -0.1) is 0 Å². The maximum Gasteiger partial charge on any atom is 0.163 e. The lowest BCUT2D eigenvalue weighted by Gasteiger charge is -2.16. The molecule has 0 amide bonds. The molecule has 0 radical (unpaired) electrons. The Bertz CT molecular complexity index is 244. The van der Waals surface area contributed by atoms with Crippen molar-refractivity contribution in [2.75, 3.05) is 20.1 Å².